The van der Waals surface area contributed by atoms with Crippen molar-refractivity contribution in [3.05, 3.63) is 42.2 Å². The molecule has 0 unspecified atom stereocenters. The second-order valence-corrected chi connectivity index (χ2v) is 12.7. The van der Waals surface area contributed by atoms with E-state index in [9.17, 15) is 4.79 Å². The van der Waals surface area contributed by atoms with E-state index in [2.05, 4.69) is 53.1 Å². The molecular weight excluding hydrogens is 328 g/mol. The quantitative estimate of drug-likeness (QED) is 0.708. The Morgan fingerprint density at radius 3 is 2.68 bits per heavy atom. The smallest absolute Gasteiger partial charge is 0.255 e. The van der Waals surface area contributed by atoms with Gasteiger partial charge in [0.1, 0.15) is 5.52 Å². The van der Waals surface area contributed by atoms with Crippen LogP contribution in [0.3, 0.4) is 0 Å². The van der Waals surface area contributed by atoms with E-state index in [-0.39, 0.29) is 11.9 Å². The van der Waals surface area contributed by atoms with E-state index in [0.29, 0.717) is 16.7 Å². The number of benzene rings is 1. The highest BCUT2D eigenvalue weighted by molar-refractivity contribution is 6.88. The number of nitrogens with one attached hydrogen (secondary N) is 2. The molecule has 0 saturated carbocycles. The number of carbonyl (C=O) groups excluding carboxylic acids is 1. The van der Waals surface area contributed by atoms with Crippen LogP contribution in [0, 0.1) is 0 Å². The van der Waals surface area contributed by atoms with Crippen molar-refractivity contribution in [2.45, 2.75) is 39.5 Å². The Kier molecular flexibility index (Phi) is 4.47. The predicted octanol–water partition coefficient (Wildman–Crippen LogP) is 3.31. The van der Waals surface area contributed by atoms with Gasteiger partial charge in [-0.3, -0.25) is 4.79 Å². The summed E-state index contributed by atoms with van der Waals surface area (Å²) in [6.07, 6.45) is 3.43. The van der Waals surface area contributed by atoms with E-state index in [4.69, 9.17) is 4.98 Å². The summed E-state index contributed by atoms with van der Waals surface area (Å²) in [7, 11) is -1.40. The van der Waals surface area contributed by atoms with Crippen molar-refractivity contribution in [1.82, 2.24) is 20.3 Å². The number of aromatic nitrogens is 3. The lowest BCUT2D eigenvalue weighted by Crippen LogP contribution is -2.37. The zero-order valence-corrected chi connectivity index (χ0v) is 16.3. The third-order valence-corrected chi connectivity index (χ3v) is 6.11. The van der Waals surface area contributed by atoms with Crippen molar-refractivity contribution in [1.29, 1.82) is 0 Å². The van der Waals surface area contributed by atoms with Crippen LogP contribution in [0.15, 0.2) is 36.7 Å². The van der Waals surface area contributed by atoms with Crippen LogP contribution < -0.4 is 10.5 Å². The standard InChI is InChI=1S/C19H24N4OSi/c1-12(2)22-19(24)15-10-20-18-17(15)23-16(11-21-18)13-7-6-8-14(9-13)25(3,4)5/h6-12H,1-5H3,(H,20,21)(H,22,24). The van der Waals surface area contributed by atoms with Gasteiger partial charge >= 0.3 is 0 Å². The van der Waals surface area contributed by atoms with Gasteiger partial charge in [0, 0.05) is 17.8 Å². The number of aromatic amines is 1. The summed E-state index contributed by atoms with van der Waals surface area (Å²) in [5, 5.41) is 4.28. The normalized spacial score (nSPS) is 11.9. The van der Waals surface area contributed by atoms with E-state index < -0.39 is 8.07 Å². The first-order chi connectivity index (χ1) is 11.8. The van der Waals surface area contributed by atoms with Crippen LogP contribution in [-0.2, 0) is 0 Å². The molecule has 5 nitrogen and oxygen atoms in total. The SMILES string of the molecule is CC(C)NC(=O)c1c[nH]c2ncc(-c3cccc([Si](C)(C)C)c3)nc12. The molecule has 2 aromatic heterocycles. The van der Waals surface area contributed by atoms with Crippen molar-refractivity contribution in [2.24, 2.45) is 0 Å². The van der Waals surface area contributed by atoms with Gasteiger partial charge in [-0.05, 0) is 13.8 Å². The van der Waals surface area contributed by atoms with E-state index in [1.54, 1.807) is 12.4 Å². The molecule has 0 atom stereocenters. The van der Waals surface area contributed by atoms with Crippen LogP contribution in [0.25, 0.3) is 22.4 Å². The summed E-state index contributed by atoms with van der Waals surface area (Å²) in [5.41, 5.74) is 3.57. The first kappa shape index (κ1) is 17.4. The maximum atomic E-state index is 12.4. The van der Waals surface area contributed by atoms with E-state index >= 15 is 0 Å². The van der Waals surface area contributed by atoms with Gasteiger partial charge in [-0.25, -0.2) is 9.97 Å². The van der Waals surface area contributed by atoms with Crippen LogP contribution in [0.5, 0.6) is 0 Å². The molecule has 3 aromatic rings. The minimum Gasteiger partial charge on any atom is -0.350 e. The van der Waals surface area contributed by atoms with Crippen LogP contribution >= 0.6 is 0 Å². The van der Waals surface area contributed by atoms with Crippen LogP contribution in [-0.4, -0.2) is 35.0 Å². The molecule has 0 radical (unpaired) electrons. The van der Waals surface area contributed by atoms with E-state index in [1.165, 1.54) is 5.19 Å². The number of amides is 1. The zero-order chi connectivity index (χ0) is 18.2. The van der Waals surface area contributed by atoms with Gasteiger partial charge in [-0.1, -0.05) is 49.1 Å². The molecule has 1 amide bonds. The van der Waals surface area contributed by atoms with E-state index in [1.807, 2.05) is 19.9 Å². The lowest BCUT2D eigenvalue weighted by Gasteiger charge is -2.17. The summed E-state index contributed by atoms with van der Waals surface area (Å²) in [6.45, 7) is 10.8. The Morgan fingerprint density at radius 1 is 1.24 bits per heavy atom. The van der Waals surface area contributed by atoms with Gasteiger partial charge in [0.05, 0.1) is 25.5 Å². The molecule has 1 aromatic carbocycles. The van der Waals surface area contributed by atoms with Crippen molar-refractivity contribution in [2.75, 3.05) is 0 Å². The third-order valence-electron chi connectivity index (χ3n) is 4.07. The summed E-state index contributed by atoms with van der Waals surface area (Å²) in [6, 6.07) is 8.56. The summed E-state index contributed by atoms with van der Waals surface area (Å²) in [5.74, 6) is -0.136. The fraction of sp³-hybridized carbons (Fsp3) is 0.316. The van der Waals surface area contributed by atoms with Gasteiger partial charge < -0.3 is 10.3 Å². The molecule has 3 rings (SSSR count). The maximum Gasteiger partial charge on any atom is 0.255 e. The molecule has 6 heteroatoms. The van der Waals surface area contributed by atoms with Gasteiger partial charge in [0.25, 0.3) is 5.91 Å². The summed E-state index contributed by atoms with van der Waals surface area (Å²) < 4.78 is 0. The Labute approximate surface area is 148 Å². The monoisotopic (exact) mass is 352 g/mol. The second kappa shape index (κ2) is 6.44. The van der Waals surface area contributed by atoms with Crippen molar-refractivity contribution in [3.8, 4) is 11.3 Å². The lowest BCUT2D eigenvalue weighted by atomic mass is 10.1. The molecule has 130 valence electrons. The predicted molar refractivity (Wildman–Crippen MR) is 105 cm³/mol. The highest BCUT2D eigenvalue weighted by Crippen LogP contribution is 2.21. The highest BCUT2D eigenvalue weighted by atomic mass is 28.3. The summed E-state index contributed by atoms with van der Waals surface area (Å²) in [4.78, 5) is 24.6. The number of nitrogens with zero attached hydrogens (tertiary/aromatic N) is 2. The Morgan fingerprint density at radius 2 is 2.00 bits per heavy atom. The number of H-pyrrole nitrogens is 1. The fourth-order valence-corrected chi connectivity index (χ4v) is 3.87. The summed E-state index contributed by atoms with van der Waals surface area (Å²) >= 11 is 0. The van der Waals surface area contributed by atoms with Crippen molar-refractivity contribution < 1.29 is 4.79 Å². The first-order valence-corrected chi connectivity index (χ1v) is 12.0. The topological polar surface area (TPSA) is 70.7 Å². The van der Waals surface area contributed by atoms with Gasteiger partial charge in [0.15, 0.2) is 5.65 Å². The first-order valence-electron chi connectivity index (χ1n) is 8.51. The average Bonchev–Trinajstić information content (AvgIpc) is 2.96. The number of fused-ring (bicyclic) bond motifs is 1. The number of hydrogen-bond donors (Lipinski definition) is 2. The molecule has 0 bridgehead atoms. The molecule has 2 N–H and O–H groups in total. The molecule has 0 aliphatic carbocycles. The van der Waals surface area contributed by atoms with Crippen molar-refractivity contribution in [3.63, 3.8) is 0 Å². The average molecular weight is 353 g/mol. The highest BCUT2D eigenvalue weighted by Gasteiger charge is 2.18. The molecule has 0 aliphatic rings. The van der Waals surface area contributed by atoms with Crippen LogP contribution in [0.2, 0.25) is 19.6 Å². The number of rotatable bonds is 4. The third kappa shape index (κ3) is 3.63. The molecule has 0 fully saturated rings. The number of carbonyl (C=O) groups is 1. The molecule has 0 aliphatic heterocycles. The van der Waals surface area contributed by atoms with Crippen LogP contribution in [0.1, 0.15) is 24.2 Å². The second-order valence-electron chi connectivity index (χ2n) is 7.61. The van der Waals surface area contributed by atoms with Crippen LogP contribution in [0.4, 0.5) is 0 Å². The largest absolute Gasteiger partial charge is 0.350 e. The van der Waals surface area contributed by atoms with Gasteiger partial charge in [0.2, 0.25) is 0 Å². The maximum absolute atomic E-state index is 12.4. The minimum atomic E-state index is -1.40. The molecule has 2 heterocycles. The Hall–Kier alpha value is -2.47. The van der Waals surface area contributed by atoms with E-state index in [0.717, 1.165) is 11.3 Å². The fourth-order valence-electron chi connectivity index (χ4n) is 2.69. The Bertz CT molecular complexity index is 925. The van der Waals surface area contributed by atoms with Crippen molar-refractivity contribution >= 4 is 30.3 Å². The lowest BCUT2D eigenvalue weighted by molar-refractivity contribution is 0.0944. The van der Waals surface area contributed by atoms with Gasteiger partial charge in [-0.15, -0.1) is 0 Å². The Balaban J connectivity index is 2.05. The van der Waals surface area contributed by atoms with Gasteiger partial charge in [-0.2, -0.15) is 0 Å². The minimum absolute atomic E-state index is 0.0713. The molecule has 25 heavy (non-hydrogen) atoms. The zero-order valence-electron chi connectivity index (χ0n) is 15.3. The molecule has 0 saturated heterocycles. The molecular formula is C19H24N4OSi. The number of hydrogen-bond acceptors (Lipinski definition) is 3. The molecule has 0 spiro atoms.